The molecule has 1 aromatic rings. The standard InChI is InChI=1S/C9H6F4O3/c10-6-3-4(9(11,12)13)1-2-5(6)7(14)8(15)16/h1-3,7,14H,(H,15,16)/t7-/m0/s1. The van der Waals surface area contributed by atoms with Crippen molar-refractivity contribution in [2.45, 2.75) is 12.3 Å². The van der Waals surface area contributed by atoms with Gasteiger partial charge in [-0.05, 0) is 12.1 Å². The van der Waals surface area contributed by atoms with Gasteiger partial charge in [0, 0.05) is 5.56 Å². The summed E-state index contributed by atoms with van der Waals surface area (Å²) in [5.41, 5.74) is -1.95. The first kappa shape index (κ1) is 12.4. The lowest BCUT2D eigenvalue weighted by molar-refractivity contribution is -0.147. The molecule has 3 nitrogen and oxygen atoms in total. The van der Waals surface area contributed by atoms with Crippen LogP contribution < -0.4 is 0 Å². The van der Waals surface area contributed by atoms with Gasteiger partial charge >= 0.3 is 12.1 Å². The summed E-state index contributed by atoms with van der Waals surface area (Å²) in [5, 5.41) is 17.3. The van der Waals surface area contributed by atoms with Crippen molar-refractivity contribution >= 4 is 5.97 Å². The summed E-state index contributed by atoms with van der Waals surface area (Å²) < 4.78 is 49.4. The molecule has 1 rings (SSSR count). The van der Waals surface area contributed by atoms with Gasteiger partial charge in [-0.2, -0.15) is 13.2 Å². The lowest BCUT2D eigenvalue weighted by Gasteiger charge is -2.10. The number of benzene rings is 1. The molecular weight excluding hydrogens is 232 g/mol. The van der Waals surface area contributed by atoms with Crippen molar-refractivity contribution < 1.29 is 32.6 Å². The largest absolute Gasteiger partial charge is 0.479 e. The normalized spacial score (nSPS) is 13.6. The highest BCUT2D eigenvalue weighted by molar-refractivity contribution is 5.74. The molecule has 7 heteroatoms. The number of alkyl halides is 3. The topological polar surface area (TPSA) is 57.5 Å². The molecule has 0 fully saturated rings. The molecule has 1 atom stereocenters. The molecule has 16 heavy (non-hydrogen) atoms. The quantitative estimate of drug-likeness (QED) is 0.774. The Morgan fingerprint density at radius 2 is 1.88 bits per heavy atom. The van der Waals surface area contributed by atoms with Gasteiger partial charge in [-0.25, -0.2) is 9.18 Å². The van der Waals surface area contributed by atoms with E-state index < -0.39 is 35.2 Å². The van der Waals surface area contributed by atoms with Crippen LogP contribution in [0.3, 0.4) is 0 Å². The first-order chi connectivity index (χ1) is 7.23. The van der Waals surface area contributed by atoms with Gasteiger partial charge in [0.1, 0.15) is 5.82 Å². The number of rotatable bonds is 2. The minimum Gasteiger partial charge on any atom is -0.479 e. The van der Waals surface area contributed by atoms with E-state index in [9.17, 15) is 22.4 Å². The number of halogens is 4. The number of aliphatic hydroxyl groups is 1. The second kappa shape index (κ2) is 4.09. The second-order valence-corrected chi connectivity index (χ2v) is 2.97. The van der Waals surface area contributed by atoms with Crippen LogP contribution in [-0.2, 0) is 11.0 Å². The van der Waals surface area contributed by atoms with E-state index in [0.717, 1.165) is 0 Å². The molecule has 1 aromatic carbocycles. The predicted octanol–water partition coefficient (Wildman–Crippen LogP) is 1.96. The molecular formula is C9H6F4O3. The van der Waals surface area contributed by atoms with E-state index in [2.05, 4.69) is 0 Å². The molecule has 0 radical (unpaired) electrons. The van der Waals surface area contributed by atoms with Crippen LogP contribution in [0.1, 0.15) is 17.2 Å². The summed E-state index contributed by atoms with van der Waals surface area (Å²) in [4.78, 5) is 10.3. The zero-order chi connectivity index (χ0) is 12.5. The van der Waals surface area contributed by atoms with Gasteiger partial charge in [-0.3, -0.25) is 0 Å². The van der Waals surface area contributed by atoms with Crippen LogP contribution in [0.2, 0.25) is 0 Å². The Balaban J connectivity index is 3.15. The molecule has 0 aliphatic rings. The van der Waals surface area contributed by atoms with Crippen LogP contribution in [0, 0.1) is 5.82 Å². The molecule has 0 amide bonds. The molecule has 0 heterocycles. The molecule has 0 bridgehead atoms. The zero-order valence-electron chi connectivity index (χ0n) is 7.62. The maximum Gasteiger partial charge on any atom is 0.416 e. The third-order valence-electron chi connectivity index (χ3n) is 1.86. The van der Waals surface area contributed by atoms with Crippen molar-refractivity contribution in [3.63, 3.8) is 0 Å². The summed E-state index contributed by atoms with van der Waals surface area (Å²) in [6.45, 7) is 0. The molecule has 0 aromatic heterocycles. The van der Waals surface area contributed by atoms with Crippen LogP contribution in [0.25, 0.3) is 0 Å². The average Bonchev–Trinajstić information content (AvgIpc) is 2.15. The number of carbonyl (C=O) groups is 1. The van der Waals surface area contributed by atoms with Crippen LogP contribution in [0.5, 0.6) is 0 Å². The Morgan fingerprint density at radius 1 is 1.31 bits per heavy atom. The minimum absolute atomic E-state index is 0.140. The van der Waals surface area contributed by atoms with Crippen LogP contribution >= 0.6 is 0 Å². The Hall–Kier alpha value is -1.63. The van der Waals surface area contributed by atoms with E-state index in [1.165, 1.54) is 0 Å². The number of aliphatic hydroxyl groups excluding tert-OH is 1. The van der Waals surface area contributed by atoms with Crippen molar-refractivity contribution in [3.8, 4) is 0 Å². The number of hydrogen-bond donors (Lipinski definition) is 2. The molecule has 2 N–H and O–H groups in total. The molecule has 0 unspecified atom stereocenters. The molecule has 0 saturated heterocycles. The van der Waals surface area contributed by atoms with Crippen molar-refractivity contribution in [1.82, 2.24) is 0 Å². The maximum absolute atomic E-state index is 13.1. The number of carboxylic acid groups (broad SMARTS) is 1. The van der Waals surface area contributed by atoms with Crippen molar-refractivity contribution in [1.29, 1.82) is 0 Å². The van der Waals surface area contributed by atoms with E-state index in [0.29, 0.717) is 12.1 Å². The Bertz CT molecular complexity index is 414. The third kappa shape index (κ3) is 2.48. The minimum atomic E-state index is -4.71. The predicted molar refractivity (Wildman–Crippen MR) is 44.0 cm³/mol. The van der Waals surface area contributed by atoms with Crippen LogP contribution in [0.15, 0.2) is 18.2 Å². The van der Waals surface area contributed by atoms with E-state index in [1.807, 2.05) is 0 Å². The van der Waals surface area contributed by atoms with Crippen LogP contribution in [0.4, 0.5) is 17.6 Å². The zero-order valence-corrected chi connectivity index (χ0v) is 7.62. The lowest BCUT2D eigenvalue weighted by Crippen LogP contribution is -2.13. The van der Waals surface area contributed by atoms with Crippen LogP contribution in [-0.4, -0.2) is 16.2 Å². The summed E-state index contributed by atoms with van der Waals surface area (Å²) in [6, 6.07) is 1.24. The molecule has 88 valence electrons. The number of aliphatic carboxylic acids is 1. The lowest BCUT2D eigenvalue weighted by atomic mass is 10.1. The average molecular weight is 238 g/mol. The monoisotopic (exact) mass is 238 g/mol. The van der Waals surface area contributed by atoms with E-state index in [4.69, 9.17) is 10.2 Å². The fraction of sp³-hybridized carbons (Fsp3) is 0.222. The van der Waals surface area contributed by atoms with Crippen molar-refractivity contribution in [3.05, 3.63) is 35.1 Å². The fourth-order valence-corrected chi connectivity index (χ4v) is 1.06. The summed E-state index contributed by atoms with van der Waals surface area (Å²) >= 11 is 0. The number of hydrogen-bond acceptors (Lipinski definition) is 2. The highest BCUT2D eigenvalue weighted by Crippen LogP contribution is 2.31. The summed E-state index contributed by atoms with van der Waals surface area (Å²) in [6.07, 6.45) is -6.89. The first-order valence-corrected chi connectivity index (χ1v) is 4.01. The van der Waals surface area contributed by atoms with Gasteiger partial charge in [0.05, 0.1) is 5.56 Å². The van der Waals surface area contributed by atoms with E-state index >= 15 is 0 Å². The highest BCUT2D eigenvalue weighted by atomic mass is 19.4. The molecule has 0 spiro atoms. The second-order valence-electron chi connectivity index (χ2n) is 2.97. The summed E-state index contributed by atoms with van der Waals surface area (Å²) in [7, 11) is 0. The van der Waals surface area contributed by atoms with E-state index in [-0.39, 0.29) is 6.07 Å². The van der Waals surface area contributed by atoms with Gasteiger partial charge < -0.3 is 10.2 Å². The highest BCUT2D eigenvalue weighted by Gasteiger charge is 2.32. The molecule has 0 saturated carbocycles. The van der Waals surface area contributed by atoms with E-state index in [1.54, 1.807) is 0 Å². The van der Waals surface area contributed by atoms with Crippen molar-refractivity contribution in [2.75, 3.05) is 0 Å². The Labute approximate surface area is 86.9 Å². The van der Waals surface area contributed by atoms with Gasteiger partial charge in [0.25, 0.3) is 0 Å². The SMILES string of the molecule is O=C(O)[C@@H](O)c1ccc(C(F)(F)F)cc1F. The summed E-state index contributed by atoms with van der Waals surface area (Å²) in [5.74, 6) is -3.15. The van der Waals surface area contributed by atoms with Crippen molar-refractivity contribution in [2.24, 2.45) is 0 Å². The van der Waals surface area contributed by atoms with Gasteiger partial charge in [0.2, 0.25) is 0 Å². The van der Waals surface area contributed by atoms with Gasteiger partial charge in [-0.1, -0.05) is 6.07 Å². The smallest absolute Gasteiger partial charge is 0.416 e. The molecule has 0 aliphatic heterocycles. The third-order valence-corrected chi connectivity index (χ3v) is 1.86. The van der Waals surface area contributed by atoms with Gasteiger partial charge in [0.15, 0.2) is 6.10 Å². The number of carboxylic acids is 1. The Kier molecular flexibility index (Phi) is 3.18. The van der Waals surface area contributed by atoms with Gasteiger partial charge in [-0.15, -0.1) is 0 Å². The Morgan fingerprint density at radius 3 is 2.25 bits per heavy atom. The molecule has 0 aliphatic carbocycles. The first-order valence-electron chi connectivity index (χ1n) is 4.01. The maximum atomic E-state index is 13.1. The fourth-order valence-electron chi connectivity index (χ4n) is 1.06.